The number of fused-ring (bicyclic) bond motifs is 1. The van der Waals surface area contributed by atoms with Gasteiger partial charge in [0.05, 0.1) is 16.3 Å². The van der Waals surface area contributed by atoms with Crippen molar-refractivity contribution in [3.8, 4) is 0 Å². The van der Waals surface area contributed by atoms with Crippen LogP contribution in [-0.2, 0) is 0 Å². The lowest BCUT2D eigenvalue weighted by atomic mass is 9.96. The Morgan fingerprint density at radius 1 is 1.20 bits per heavy atom. The van der Waals surface area contributed by atoms with Gasteiger partial charge in [0.15, 0.2) is 0 Å². The Bertz CT molecular complexity index is 530. The van der Waals surface area contributed by atoms with Crippen molar-refractivity contribution >= 4 is 21.6 Å². The third kappa shape index (κ3) is 3.04. The highest BCUT2D eigenvalue weighted by Crippen LogP contribution is 2.29. The molecule has 3 atom stereocenters. The number of aromatic nitrogens is 1. The summed E-state index contributed by atoms with van der Waals surface area (Å²) in [7, 11) is 0. The van der Waals surface area contributed by atoms with Gasteiger partial charge in [0.1, 0.15) is 5.01 Å². The van der Waals surface area contributed by atoms with Crippen molar-refractivity contribution in [3.63, 3.8) is 0 Å². The van der Waals surface area contributed by atoms with E-state index in [1.54, 1.807) is 0 Å². The van der Waals surface area contributed by atoms with E-state index in [1.807, 2.05) is 11.3 Å². The molecule has 3 unspecified atom stereocenters. The molecule has 1 aromatic heterocycles. The van der Waals surface area contributed by atoms with E-state index in [2.05, 4.69) is 43.4 Å². The van der Waals surface area contributed by atoms with Gasteiger partial charge in [-0.3, -0.25) is 0 Å². The summed E-state index contributed by atoms with van der Waals surface area (Å²) in [5.41, 5.74) is 1.13. The minimum Gasteiger partial charge on any atom is -0.305 e. The van der Waals surface area contributed by atoms with Gasteiger partial charge in [0, 0.05) is 6.04 Å². The molecule has 3 rings (SSSR count). The van der Waals surface area contributed by atoms with Gasteiger partial charge in [-0.05, 0) is 37.8 Å². The first kappa shape index (κ1) is 14.0. The average Bonchev–Trinajstić information content (AvgIpc) is 2.79. The Morgan fingerprint density at radius 3 is 2.85 bits per heavy atom. The van der Waals surface area contributed by atoms with E-state index in [1.165, 1.54) is 41.8 Å². The van der Waals surface area contributed by atoms with Crippen LogP contribution in [0.4, 0.5) is 0 Å². The number of benzene rings is 1. The summed E-state index contributed by atoms with van der Waals surface area (Å²) in [5, 5.41) is 5.06. The van der Waals surface area contributed by atoms with Gasteiger partial charge >= 0.3 is 0 Å². The molecule has 0 saturated heterocycles. The Balaban J connectivity index is 1.72. The molecule has 1 N–H and O–H groups in total. The van der Waals surface area contributed by atoms with Gasteiger partial charge in [0.2, 0.25) is 0 Å². The van der Waals surface area contributed by atoms with Crippen LogP contribution in [0.1, 0.15) is 57.0 Å². The third-order valence-electron chi connectivity index (χ3n) is 4.51. The van der Waals surface area contributed by atoms with Crippen LogP contribution in [0.25, 0.3) is 10.2 Å². The second-order valence-corrected chi connectivity index (χ2v) is 7.19. The van der Waals surface area contributed by atoms with E-state index in [9.17, 15) is 0 Å². The summed E-state index contributed by atoms with van der Waals surface area (Å²) in [5.74, 6) is 0.786. The van der Waals surface area contributed by atoms with Crippen LogP contribution in [0.3, 0.4) is 0 Å². The third-order valence-corrected chi connectivity index (χ3v) is 5.73. The van der Waals surface area contributed by atoms with Gasteiger partial charge in [-0.25, -0.2) is 4.98 Å². The van der Waals surface area contributed by atoms with Crippen molar-refractivity contribution in [1.82, 2.24) is 10.3 Å². The second-order valence-electron chi connectivity index (χ2n) is 6.13. The van der Waals surface area contributed by atoms with E-state index < -0.39 is 0 Å². The maximum absolute atomic E-state index is 4.78. The molecule has 1 aliphatic carbocycles. The molecule has 0 spiro atoms. The molecule has 1 aromatic carbocycles. The quantitative estimate of drug-likeness (QED) is 0.811. The highest BCUT2D eigenvalue weighted by atomic mass is 32.1. The Morgan fingerprint density at radius 2 is 2.00 bits per heavy atom. The zero-order valence-corrected chi connectivity index (χ0v) is 13.2. The fourth-order valence-electron chi connectivity index (χ4n) is 3.21. The predicted molar refractivity (Wildman–Crippen MR) is 87.2 cm³/mol. The van der Waals surface area contributed by atoms with Gasteiger partial charge in [0.25, 0.3) is 0 Å². The molecule has 108 valence electrons. The maximum atomic E-state index is 4.78. The van der Waals surface area contributed by atoms with Gasteiger partial charge in [-0.2, -0.15) is 0 Å². The van der Waals surface area contributed by atoms with Crippen LogP contribution in [0.5, 0.6) is 0 Å². The van der Waals surface area contributed by atoms with Crippen molar-refractivity contribution < 1.29 is 0 Å². The lowest BCUT2D eigenvalue weighted by molar-refractivity contribution is 0.330. The van der Waals surface area contributed by atoms with Crippen LogP contribution in [0.15, 0.2) is 24.3 Å². The number of hydrogen-bond acceptors (Lipinski definition) is 3. The topological polar surface area (TPSA) is 24.9 Å². The highest BCUT2D eigenvalue weighted by molar-refractivity contribution is 7.18. The Hall–Kier alpha value is -0.930. The van der Waals surface area contributed by atoms with E-state index in [-0.39, 0.29) is 0 Å². The van der Waals surface area contributed by atoms with Gasteiger partial charge in [-0.1, -0.05) is 38.3 Å². The molecular formula is C17H24N2S. The minimum absolute atomic E-state index is 0.359. The molecule has 1 aliphatic rings. The summed E-state index contributed by atoms with van der Waals surface area (Å²) in [6, 6.07) is 9.44. The summed E-state index contributed by atoms with van der Waals surface area (Å²) in [6.45, 7) is 4.66. The minimum atomic E-state index is 0.359. The molecule has 1 heterocycles. The monoisotopic (exact) mass is 288 g/mol. The van der Waals surface area contributed by atoms with E-state index >= 15 is 0 Å². The van der Waals surface area contributed by atoms with E-state index in [0.717, 1.165) is 11.4 Å². The molecule has 1 saturated carbocycles. The van der Waals surface area contributed by atoms with E-state index in [4.69, 9.17) is 4.98 Å². The fraction of sp³-hybridized carbons (Fsp3) is 0.588. The van der Waals surface area contributed by atoms with Crippen LogP contribution >= 0.6 is 11.3 Å². The first-order valence-electron chi connectivity index (χ1n) is 7.85. The first-order chi connectivity index (χ1) is 9.74. The lowest BCUT2D eigenvalue weighted by Crippen LogP contribution is -2.36. The average molecular weight is 288 g/mol. The van der Waals surface area contributed by atoms with Crippen molar-refractivity contribution in [3.05, 3.63) is 29.3 Å². The fourth-order valence-corrected chi connectivity index (χ4v) is 4.19. The summed E-state index contributed by atoms with van der Waals surface area (Å²) < 4.78 is 1.30. The molecular weight excluding hydrogens is 264 g/mol. The molecule has 0 aliphatic heterocycles. The van der Waals surface area contributed by atoms with Gasteiger partial charge < -0.3 is 5.32 Å². The number of nitrogens with zero attached hydrogens (tertiary/aromatic N) is 1. The SMILES string of the molecule is CC(NC1CCCCCC1C)c1nc2ccccc2s1. The molecule has 20 heavy (non-hydrogen) atoms. The second kappa shape index (κ2) is 6.23. The van der Waals surface area contributed by atoms with Crippen molar-refractivity contribution in [2.75, 3.05) is 0 Å². The van der Waals surface area contributed by atoms with Crippen molar-refractivity contribution in [1.29, 1.82) is 0 Å². The number of hydrogen-bond donors (Lipinski definition) is 1. The predicted octanol–water partition coefficient (Wildman–Crippen LogP) is 4.92. The summed E-state index contributed by atoms with van der Waals surface area (Å²) in [6.07, 6.45) is 6.85. The number of thiazole rings is 1. The van der Waals surface area contributed by atoms with Crippen molar-refractivity contribution in [2.45, 2.75) is 58.0 Å². The standard InChI is InChI=1S/C17H24N2S/c1-12-8-4-3-5-9-14(12)18-13(2)17-19-15-10-6-7-11-16(15)20-17/h6-7,10-14,18H,3-5,8-9H2,1-2H3. The van der Waals surface area contributed by atoms with Crippen LogP contribution in [-0.4, -0.2) is 11.0 Å². The molecule has 0 radical (unpaired) electrons. The molecule has 3 heteroatoms. The summed E-state index contributed by atoms with van der Waals surface area (Å²) >= 11 is 1.83. The van der Waals surface area contributed by atoms with E-state index in [0.29, 0.717) is 12.1 Å². The highest BCUT2D eigenvalue weighted by Gasteiger charge is 2.22. The zero-order valence-electron chi connectivity index (χ0n) is 12.4. The number of nitrogens with one attached hydrogen (secondary N) is 1. The first-order valence-corrected chi connectivity index (χ1v) is 8.67. The normalized spacial score (nSPS) is 25.5. The number of rotatable bonds is 3. The van der Waals surface area contributed by atoms with Crippen LogP contribution < -0.4 is 5.32 Å². The molecule has 2 aromatic rings. The maximum Gasteiger partial charge on any atom is 0.111 e. The summed E-state index contributed by atoms with van der Waals surface area (Å²) in [4.78, 5) is 4.78. The molecule has 2 nitrogen and oxygen atoms in total. The molecule has 0 bridgehead atoms. The lowest BCUT2D eigenvalue weighted by Gasteiger charge is -2.26. The largest absolute Gasteiger partial charge is 0.305 e. The Kier molecular flexibility index (Phi) is 4.37. The zero-order chi connectivity index (χ0) is 13.9. The molecule has 0 amide bonds. The Labute approximate surface area is 125 Å². The van der Waals surface area contributed by atoms with Gasteiger partial charge in [-0.15, -0.1) is 11.3 Å². The smallest absolute Gasteiger partial charge is 0.111 e. The van der Waals surface area contributed by atoms with Crippen LogP contribution in [0.2, 0.25) is 0 Å². The number of para-hydroxylation sites is 1. The molecule has 1 fully saturated rings. The van der Waals surface area contributed by atoms with Crippen molar-refractivity contribution in [2.24, 2.45) is 5.92 Å². The van der Waals surface area contributed by atoms with Crippen LogP contribution in [0, 0.1) is 5.92 Å².